The van der Waals surface area contributed by atoms with E-state index in [0.717, 1.165) is 43.2 Å². The molecule has 3 rings (SSSR count). The SMILES string of the molecule is CCN(Cc1nc2ccccc2o1)C1CCNC1. The number of rotatable bonds is 4. The Hall–Kier alpha value is -1.39. The molecule has 2 heterocycles. The molecule has 2 aromatic rings. The minimum absolute atomic E-state index is 0.616. The Balaban J connectivity index is 1.77. The normalized spacial score (nSPS) is 20.0. The zero-order valence-corrected chi connectivity index (χ0v) is 10.7. The molecule has 18 heavy (non-hydrogen) atoms. The van der Waals surface area contributed by atoms with Gasteiger partial charge in [0.05, 0.1) is 6.54 Å². The van der Waals surface area contributed by atoms with Gasteiger partial charge in [0.15, 0.2) is 5.58 Å². The molecule has 4 heteroatoms. The predicted molar refractivity (Wildman–Crippen MR) is 71.4 cm³/mol. The molecule has 1 atom stereocenters. The van der Waals surface area contributed by atoms with Crippen molar-refractivity contribution < 1.29 is 4.42 Å². The molecule has 1 aromatic carbocycles. The van der Waals surface area contributed by atoms with Crippen LogP contribution in [0.4, 0.5) is 0 Å². The van der Waals surface area contributed by atoms with Gasteiger partial charge >= 0.3 is 0 Å². The molecule has 0 aliphatic carbocycles. The van der Waals surface area contributed by atoms with Crippen molar-refractivity contribution in [2.45, 2.75) is 25.9 Å². The smallest absolute Gasteiger partial charge is 0.209 e. The Bertz CT molecular complexity index is 483. The van der Waals surface area contributed by atoms with Crippen LogP contribution in [0.25, 0.3) is 11.1 Å². The van der Waals surface area contributed by atoms with Crippen LogP contribution in [0.15, 0.2) is 28.7 Å². The van der Waals surface area contributed by atoms with E-state index >= 15 is 0 Å². The van der Waals surface area contributed by atoms with E-state index in [9.17, 15) is 0 Å². The van der Waals surface area contributed by atoms with Gasteiger partial charge in [0.25, 0.3) is 0 Å². The van der Waals surface area contributed by atoms with Crippen LogP contribution >= 0.6 is 0 Å². The maximum Gasteiger partial charge on any atom is 0.209 e. The fourth-order valence-electron chi connectivity index (χ4n) is 2.61. The van der Waals surface area contributed by atoms with E-state index in [1.807, 2.05) is 24.3 Å². The summed E-state index contributed by atoms with van der Waals surface area (Å²) in [5.41, 5.74) is 1.83. The van der Waals surface area contributed by atoms with Crippen molar-refractivity contribution in [1.82, 2.24) is 15.2 Å². The third kappa shape index (κ3) is 2.26. The topological polar surface area (TPSA) is 41.3 Å². The van der Waals surface area contributed by atoms with Gasteiger partial charge in [-0.1, -0.05) is 19.1 Å². The number of para-hydroxylation sites is 2. The lowest BCUT2D eigenvalue weighted by Gasteiger charge is -2.25. The number of nitrogens with zero attached hydrogens (tertiary/aromatic N) is 2. The maximum absolute atomic E-state index is 5.79. The molecular formula is C14H19N3O. The average molecular weight is 245 g/mol. The predicted octanol–water partition coefficient (Wildman–Crippen LogP) is 2.01. The van der Waals surface area contributed by atoms with Crippen LogP contribution in [-0.2, 0) is 6.54 Å². The average Bonchev–Trinajstić information content (AvgIpc) is 3.04. The minimum Gasteiger partial charge on any atom is -0.439 e. The number of aromatic nitrogens is 1. The summed E-state index contributed by atoms with van der Waals surface area (Å²) < 4.78 is 5.79. The van der Waals surface area contributed by atoms with E-state index < -0.39 is 0 Å². The largest absolute Gasteiger partial charge is 0.439 e. The van der Waals surface area contributed by atoms with Gasteiger partial charge in [0, 0.05) is 12.6 Å². The fraction of sp³-hybridized carbons (Fsp3) is 0.500. The second-order valence-corrected chi connectivity index (χ2v) is 4.79. The van der Waals surface area contributed by atoms with Gasteiger partial charge in [-0.3, -0.25) is 4.90 Å². The summed E-state index contributed by atoms with van der Waals surface area (Å²) in [5.74, 6) is 0.824. The van der Waals surface area contributed by atoms with Crippen molar-refractivity contribution in [2.75, 3.05) is 19.6 Å². The van der Waals surface area contributed by atoms with Gasteiger partial charge in [0.1, 0.15) is 5.52 Å². The highest BCUT2D eigenvalue weighted by Crippen LogP contribution is 2.18. The van der Waals surface area contributed by atoms with Crippen LogP contribution in [0.2, 0.25) is 0 Å². The zero-order chi connectivity index (χ0) is 12.4. The van der Waals surface area contributed by atoms with Crippen LogP contribution in [0.3, 0.4) is 0 Å². The first-order valence-corrected chi connectivity index (χ1v) is 6.66. The number of hydrogen-bond donors (Lipinski definition) is 1. The lowest BCUT2D eigenvalue weighted by molar-refractivity contribution is 0.192. The Kier molecular flexibility index (Phi) is 3.30. The van der Waals surface area contributed by atoms with Crippen molar-refractivity contribution in [3.8, 4) is 0 Å². The van der Waals surface area contributed by atoms with Gasteiger partial charge in [-0.2, -0.15) is 0 Å². The second kappa shape index (κ2) is 5.08. The first-order valence-electron chi connectivity index (χ1n) is 6.66. The Morgan fingerprint density at radius 2 is 2.33 bits per heavy atom. The van der Waals surface area contributed by atoms with Crippen LogP contribution < -0.4 is 5.32 Å². The van der Waals surface area contributed by atoms with E-state index in [-0.39, 0.29) is 0 Å². The van der Waals surface area contributed by atoms with Gasteiger partial charge in [0.2, 0.25) is 5.89 Å². The summed E-state index contributed by atoms with van der Waals surface area (Å²) in [5, 5.41) is 3.41. The molecule has 1 N–H and O–H groups in total. The first kappa shape index (κ1) is 11.7. The lowest BCUT2D eigenvalue weighted by atomic mass is 10.2. The molecule has 1 aliphatic heterocycles. The number of fused-ring (bicyclic) bond motifs is 1. The van der Waals surface area contributed by atoms with Crippen molar-refractivity contribution in [3.05, 3.63) is 30.2 Å². The van der Waals surface area contributed by atoms with Crippen LogP contribution in [0.1, 0.15) is 19.2 Å². The molecule has 1 aromatic heterocycles. The third-order valence-corrected chi connectivity index (χ3v) is 3.63. The van der Waals surface area contributed by atoms with E-state index in [1.54, 1.807) is 0 Å². The summed E-state index contributed by atoms with van der Waals surface area (Å²) in [4.78, 5) is 6.98. The first-order chi connectivity index (χ1) is 8.86. The second-order valence-electron chi connectivity index (χ2n) is 4.79. The molecule has 0 bridgehead atoms. The van der Waals surface area contributed by atoms with E-state index in [2.05, 4.69) is 22.1 Å². The Morgan fingerprint density at radius 1 is 1.44 bits per heavy atom. The van der Waals surface area contributed by atoms with Gasteiger partial charge < -0.3 is 9.73 Å². The monoisotopic (exact) mass is 245 g/mol. The van der Waals surface area contributed by atoms with Gasteiger partial charge in [-0.15, -0.1) is 0 Å². The van der Waals surface area contributed by atoms with Crippen molar-refractivity contribution >= 4 is 11.1 Å². The van der Waals surface area contributed by atoms with Crippen molar-refractivity contribution in [1.29, 1.82) is 0 Å². The van der Waals surface area contributed by atoms with Crippen LogP contribution in [0, 0.1) is 0 Å². The number of nitrogens with one attached hydrogen (secondary N) is 1. The quantitative estimate of drug-likeness (QED) is 0.894. The molecule has 0 amide bonds. The van der Waals surface area contributed by atoms with Gasteiger partial charge in [-0.25, -0.2) is 4.98 Å². The lowest BCUT2D eigenvalue weighted by Crippen LogP contribution is -2.36. The molecule has 1 saturated heterocycles. The van der Waals surface area contributed by atoms with E-state index in [0.29, 0.717) is 6.04 Å². The number of benzene rings is 1. The molecule has 1 unspecified atom stereocenters. The summed E-state index contributed by atoms with van der Waals surface area (Å²) in [6, 6.07) is 8.56. The number of likely N-dealkylation sites (N-methyl/N-ethyl adjacent to an activating group) is 1. The summed E-state index contributed by atoms with van der Waals surface area (Å²) >= 11 is 0. The molecule has 0 radical (unpaired) electrons. The Labute approximate surface area is 107 Å². The third-order valence-electron chi connectivity index (χ3n) is 3.63. The number of oxazole rings is 1. The van der Waals surface area contributed by atoms with E-state index in [1.165, 1.54) is 6.42 Å². The van der Waals surface area contributed by atoms with Crippen molar-refractivity contribution in [2.24, 2.45) is 0 Å². The van der Waals surface area contributed by atoms with Crippen LogP contribution in [-0.4, -0.2) is 35.6 Å². The molecule has 0 spiro atoms. The van der Waals surface area contributed by atoms with E-state index in [4.69, 9.17) is 4.42 Å². The highest BCUT2D eigenvalue weighted by Gasteiger charge is 2.22. The maximum atomic E-state index is 5.79. The van der Waals surface area contributed by atoms with Crippen molar-refractivity contribution in [3.63, 3.8) is 0 Å². The highest BCUT2D eigenvalue weighted by molar-refractivity contribution is 5.72. The summed E-state index contributed by atoms with van der Waals surface area (Å²) in [7, 11) is 0. The standard InChI is InChI=1S/C14H19N3O/c1-2-17(11-7-8-15-9-11)10-14-16-12-5-3-4-6-13(12)18-14/h3-6,11,15H,2,7-10H2,1H3. The molecule has 1 aliphatic rings. The molecule has 96 valence electrons. The summed E-state index contributed by atoms with van der Waals surface area (Å²) in [6.07, 6.45) is 1.22. The molecule has 4 nitrogen and oxygen atoms in total. The molecule has 1 fully saturated rings. The minimum atomic E-state index is 0.616. The summed E-state index contributed by atoms with van der Waals surface area (Å²) in [6.45, 7) is 6.23. The fourth-order valence-corrected chi connectivity index (χ4v) is 2.61. The highest BCUT2D eigenvalue weighted by atomic mass is 16.3. The molecule has 0 saturated carbocycles. The Morgan fingerprint density at radius 3 is 3.06 bits per heavy atom. The number of hydrogen-bond acceptors (Lipinski definition) is 4. The molecular weight excluding hydrogens is 226 g/mol. The van der Waals surface area contributed by atoms with Crippen LogP contribution in [0.5, 0.6) is 0 Å². The zero-order valence-electron chi connectivity index (χ0n) is 10.7. The van der Waals surface area contributed by atoms with Gasteiger partial charge in [-0.05, 0) is 31.6 Å².